The number of rotatable bonds is 5. The Morgan fingerprint density at radius 1 is 1.04 bits per heavy atom. The van der Waals surface area contributed by atoms with Crippen LogP contribution in [0.2, 0.25) is 0 Å². The van der Waals surface area contributed by atoms with E-state index < -0.39 is 23.4 Å². The second kappa shape index (κ2) is 6.76. The molecule has 0 aliphatic carbocycles. The Morgan fingerprint density at radius 3 is 2.24 bits per heavy atom. The van der Waals surface area contributed by atoms with Gasteiger partial charge in [-0.25, -0.2) is 4.79 Å². The van der Waals surface area contributed by atoms with Crippen molar-refractivity contribution in [2.75, 3.05) is 11.9 Å². The average molecular weight is 337 g/mol. The molecule has 1 fully saturated rings. The van der Waals surface area contributed by atoms with E-state index in [0.717, 1.165) is 4.90 Å². The highest BCUT2D eigenvalue weighted by Crippen LogP contribution is 2.32. The molecule has 1 aliphatic heterocycles. The first-order valence-corrected chi connectivity index (χ1v) is 8.11. The summed E-state index contributed by atoms with van der Waals surface area (Å²) in [7, 11) is 0. The van der Waals surface area contributed by atoms with Gasteiger partial charge in [-0.3, -0.25) is 14.5 Å². The Labute approximate surface area is 145 Å². The van der Waals surface area contributed by atoms with Crippen molar-refractivity contribution in [1.29, 1.82) is 0 Å². The van der Waals surface area contributed by atoms with Gasteiger partial charge in [-0.15, -0.1) is 0 Å². The summed E-state index contributed by atoms with van der Waals surface area (Å²) in [5.41, 5.74) is 0.205. The van der Waals surface area contributed by atoms with E-state index in [1.54, 1.807) is 36.4 Å². The summed E-state index contributed by atoms with van der Waals surface area (Å²) in [5, 5.41) is 5.44. The van der Waals surface area contributed by atoms with Gasteiger partial charge in [-0.1, -0.05) is 55.5 Å². The number of benzene rings is 2. The van der Waals surface area contributed by atoms with Gasteiger partial charge >= 0.3 is 6.03 Å². The number of para-hydroxylation sites is 1. The van der Waals surface area contributed by atoms with Gasteiger partial charge in [0.2, 0.25) is 5.91 Å². The first kappa shape index (κ1) is 16.7. The molecule has 2 N–H and O–H groups in total. The molecule has 25 heavy (non-hydrogen) atoms. The summed E-state index contributed by atoms with van der Waals surface area (Å²) >= 11 is 0. The van der Waals surface area contributed by atoms with E-state index >= 15 is 0 Å². The van der Waals surface area contributed by atoms with Crippen molar-refractivity contribution in [3.63, 3.8) is 0 Å². The lowest BCUT2D eigenvalue weighted by atomic mass is 9.87. The van der Waals surface area contributed by atoms with Crippen LogP contribution in [0.1, 0.15) is 18.9 Å². The average Bonchev–Trinajstić information content (AvgIpc) is 2.88. The van der Waals surface area contributed by atoms with E-state index in [9.17, 15) is 14.4 Å². The van der Waals surface area contributed by atoms with Crippen molar-refractivity contribution >= 4 is 23.5 Å². The smallest absolute Gasteiger partial charge is 0.325 e. The molecular weight excluding hydrogens is 318 g/mol. The molecule has 3 rings (SSSR count). The fourth-order valence-corrected chi connectivity index (χ4v) is 3.00. The van der Waals surface area contributed by atoms with Crippen LogP contribution in [0.5, 0.6) is 0 Å². The fourth-order valence-electron chi connectivity index (χ4n) is 3.00. The number of hydrogen-bond acceptors (Lipinski definition) is 3. The lowest BCUT2D eigenvalue weighted by Crippen LogP contribution is -2.44. The van der Waals surface area contributed by atoms with Gasteiger partial charge in [0.1, 0.15) is 12.1 Å². The first-order chi connectivity index (χ1) is 12.1. The molecule has 1 unspecified atom stereocenters. The summed E-state index contributed by atoms with van der Waals surface area (Å²) in [4.78, 5) is 38.4. The molecule has 0 bridgehead atoms. The third kappa shape index (κ3) is 3.10. The number of nitrogens with one attached hydrogen (secondary N) is 2. The molecule has 0 aromatic heterocycles. The van der Waals surface area contributed by atoms with E-state index in [0.29, 0.717) is 17.7 Å². The van der Waals surface area contributed by atoms with Crippen LogP contribution in [0.15, 0.2) is 60.7 Å². The van der Waals surface area contributed by atoms with Crippen molar-refractivity contribution in [3.05, 3.63) is 66.2 Å². The molecule has 0 spiro atoms. The van der Waals surface area contributed by atoms with Crippen molar-refractivity contribution in [2.24, 2.45) is 0 Å². The van der Waals surface area contributed by atoms with Crippen LogP contribution >= 0.6 is 0 Å². The zero-order valence-corrected chi connectivity index (χ0v) is 13.9. The van der Waals surface area contributed by atoms with E-state index in [-0.39, 0.29) is 6.54 Å². The molecule has 1 aliphatic rings. The van der Waals surface area contributed by atoms with Crippen LogP contribution < -0.4 is 10.6 Å². The number of amides is 4. The Bertz CT molecular complexity index is 792. The van der Waals surface area contributed by atoms with Crippen molar-refractivity contribution < 1.29 is 14.4 Å². The molecule has 1 atom stereocenters. The van der Waals surface area contributed by atoms with Gasteiger partial charge in [0.05, 0.1) is 0 Å². The minimum atomic E-state index is -1.12. The maximum absolute atomic E-state index is 12.9. The highest BCUT2D eigenvalue weighted by Gasteiger charge is 2.51. The summed E-state index contributed by atoms with van der Waals surface area (Å²) in [6, 6.07) is 17.4. The highest BCUT2D eigenvalue weighted by molar-refractivity contribution is 6.10. The second-order valence-electron chi connectivity index (χ2n) is 5.86. The van der Waals surface area contributed by atoms with E-state index in [1.165, 1.54) is 0 Å². The Hall–Kier alpha value is -3.15. The minimum absolute atomic E-state index is 0.325. The number of hydrogen-bond donors (Lipinski definition) is 2. The minimum Gasteiger partial charge on any atom is -0.325 e. The lowest BCUT2D eigenvalue weighted by Gasteiger charge is -2.25. The molecule has 128 valence electrons. The Morgan fingerprint density at radius 2 is 1.64 bits per heavy atom. The summed E-state index contributed by atoms with van der Waals surface area (Å²) in [6.45, 7) is 1.51. The van der Waals surface area contributed by atoms with E-state index in [4.69, 9.17) is 0 Å². The molecule has 6 heteroatoms. The molecule has 1 saturated heterocycles. The van der Waals surface area contributed by atoms with Gasteiger partial charge in [-0.2, -0.15) is 0 Å². The standard InChI is InChI=1S/C19H19N3O3/c1-2-19(14-9-5-3-6-10-14)17(24)22(18(25)21-19)13-16(23)20-15-11-7-4-8-12-15/h3-12H,2,13H2,1H3,(H,20,23)(H,21,25). The van der Waals surface area contributed by atoms with Crippen LogP contribution in [0.3, 0.4) is 0 Å². The highest BCUT2D eigenvalue weighted by atomic mass is 16.2. The topological polar surface area (TPSA) is 78.5 Å². The van der Waals surface area contributed by atoms with Crippen LogP contribution in [0.4, 0.5) is 10.5 Å². The van der Waals surface area contributed by atoms with Gasteiger partial charge in [0, 0.05) is 5.69 Å². The maximum Gasteiger partial charge on any atom is 0.325 e. The first-order valence-electron chi connectivity index (χ1n) is 8.11. The predicted octanol–water partition coefficient (Wildman–Crippen LogP) is 2.48. The van der Waals surface area contributed by atoms with E-state index in [1.807, 2.05) is 31.2 Å². The lowest BCUT2D eigenvalue weighted by molar-refractivity contribution is -0.134. The molecule has 0 saturated carbocycles. The number of imide groups is 1. The van der Waals surface area contributed by atoms with Crippen LogP contribution in [0.25, 0.3) is 0 Å². The molecule has 2 aromatic carbocycles. The second-order valence-corrected chi connectivity index (χ2v) is 5.86. The predicted molar refractivity (Wildman–Crippen MR) is 93.7 cm³/mol. The molecule has 4 amide bonds. The van der Waals surface area contributed by atoms with Gasteiger partial charge < -0.3 is 10.6 Å². The van der Waals surface area contributed by atoms with Crippen LogP contribution in [-0.4, -0.2) is 29.3 Å². The zero-order chi connectivity index (χ0) is 17.9. The van der Waals surface area contributed by atoms with Gasteiger partial charge in [-0.05, 0) is 24.1 Å². The normalized spacial score (nSPS) is 19.6. The number of nitrogens with zero attached hydrogens (tertiary/aromatic N) is 1. The molecule has 0 radical (unpaired) electrons. The summed E-state index contributed by atoms with van der Waals surface area (Å²) in [5.74, 6) is -0.830. The van der Waals surface area contributed by atoms with Crippen LogP contribution in [0, 0.1) is 0 Å². The SMILES string of the molecule is CCC1(c2ccccc2)NC(=O)N(CC(=O)Nc2ccccc2)C1=O. The molecular formula is C19H19N3O3. The quantitative estimate of drug-likeness (QED) is 0.823. The van der Waals surface area contributed by atoms with Crippen molar-refractivity contribution in [2.45, 2.75) is 18.9 Å². The maximum atomic E-state index is 12.9. The fraction of sp³-hybridized carbons (Fsp3) is 0.211. The summed E-state index contributed by atoms with van der Waals surface area (Å²) < 4.78 is 0. The number of urea groups is 1. The number of anilines is 1. The van der Waals surface area contributed by atoms with Crippen LogP contribution in [-0.2, 0) is 15.1 Å². The molecule has 2 aromatic rings. The van der Waals surface area contributed by atoms with E-state index in [2.05, 4.69) is 10.6 Å². The third-order valence-electron chi connectivity index (χ3n) is 4.33. The monoisotopic (exact) mass is 337 g/mol. The van der Waals surface area contributed by atoms with Crippen molar-refractivity contribution in [1.82, 2.24) is 10.2 Å². The van der Waals surface area contributed by atoms with Gasteiger partial charge in [0.15, 0.2) is 0 Å². The number of carbonyl (C=O) groups is 3. The zero-order valence-electron chi connectivity index (χ0n) is 13.9. The Kier molecular flexibility index (Phi) is 4.52. The summed E-state index contributed by atoms with van der Waals surface area (Å²) in [6.07, 6.45) is 0.401. The Balaban J connectivity index is 1.78. The molecule has 1 heterocycles. The third-order valence-corrected chi connectivity index (χ3v) is 4.33. The van der Waals surface area contributed by atoms with Gasteiger partial charge in [0.25, 0.3) is 5.91 Å². The number of carbonyl (C=O) groups excluding carboxylic acids is 3. The molecule has 6 nitrogen and oxygen atoms in total. The largest absolute Gasteiger partial charge is 0.325 e. The van der Waals surface area contributed by atoms with Crippen molar-refractivity contribution in [3.8, 4) is 0 Å².